The topological polar surface area (TPSA) is 70.0 Å². The van der Waals surface area contributed by atoms with Gasteiger partial charge in [0.25, 0.3) is 5.91 Å². The molecule has 0 radical (unpaired) electrons. The van der Waals surface area contributed by atoms with Crippen LogP contribution in [0.3, 0.4) is 0 Å². The number of aryl methyl sites for hydroxylation is 1. The number of benzene rings is 1. The van der Waals surface area contributed by atoms with Crippen molar-refractivity contribution < 1.29 is 23.8 Å². The van der Waals surface area contributed by atoms with Gasteiger partial charge in [0.15, 0.2) is 0 Å². The molecule has 1 atom stereocenters. The van der Waals surface area contributed by atoms with Gasteiger partial charge in [-0.3, -0.25) is 4.79 Å². The number of carbonyl (C=O) groups is 2. The van der Waals surface area contributed by atoms with Gasteiger partial charge >= 0.3 is 5.97 Å². The van der Waals surface area contributed by atoms with E-state index in [1.165, 1.54) is 0 Å². The van der Waals surface area contributed by atoms with Gasteiger partial charge in [-0.2, -0.15) is 11.3 Å². The van der Waals surface area contributed by atoms with Gasteiger partial charge < -0.3 is 23.7 Å². The molecular weight excluding hydrogens is 584 g/mol. The number of rotatable bonds is 5. The molecule has 1 amide bonds. The molecule has 0 N–H and O–H groups in total. The molecule has 2 aliphatic heterocycles. The van der Waals surface area contributed by atoms with Gasteiger partial charge in [0, 0.05) is 76.9 Å². The standard InChI is InChI=1S/C37H42N2O5S/c1-36(2,3)44-35(41)23-9-8-14-39(37(4,5)13-10-23)34(40)28-18-27(25-12-16-45-22-25)33-29-17-26(24-11-15-38(6)20-24)31(42-7)19-32(29)43-21-30(28)33/h10-12,15-20,22,27H,8-9,13-14,21H2,1-7H3/b23-10-/t27-/m0/s1. The van der Waals surface area contributed by atoms with Crippen molar-refractivity contribution in [3.8, 4) is 22.6 Å². The summed E-state index contributed by atoms with van der Waals surface area (Å²) in [5.74, 6) is 1.18. The number of carbonyl (C=O) groups excluding carboxylic acids is 2. The van der Waals surface area contributed by atoms with Gasteiger partial charge in [0.2, 0.25) is 0 Å². The Balaban J connectivity index is 1.38. The molecule has 4 heterocycles. The summed E-state index contributed by atoms with van der Waals surface area (Å²) in [5.41, 5.74) is 6.59. The van der Waals surface area contributed by atoms with E-state index in [4.69, 9.17) is 14.2 Å². The molecule has 0 bridgehead atoms. The van der Waals surface area contributed by atoms with Gasteiger partial charge in [-0.1, -0.05) is 12.2 Å². The number of nitrogens with zero attached hydrogens (tertiary/aromatic N) is 2. The van der Waals surface area contributed by atoms with Crippen LogP contribution in [-0.4, -0.2) is 52.7 Å². The summed E-state index contributed by atoms with van der Waals surface area (Å²) in [5, 5.41) is 4.25. The van der Waals surface area contributed by atoms with E-state index in [0.29, 0.717) is 43.6 Å². The van der Waals surface area contributed by atoms with Crippen LogP contribution in [0.4, 0.5) is 0 Å². The molecule has 0 fully saturated rings. The third kappa shape index (κ3) is 6.00. The van der Waals surface area contributed by atoms with Crippen molar-refractivity contribution in [2.75, 3.05) is 20.3 Å². The van der Waals surface area contributed by atoms with Crippen molar-refractivity contribution in [1.82, 2.24) is 9.47 Å². The number of aromatic nitrogens is 1. The van der Waals surface area contributed by atoms with E-state index >= 15 is 0 Å². The number of allylic oxidation sites excluding steroid dienone is 2. The minimum absolute atomic E-state index is 0.00296. The molecule has 0 unspecified atom stereocenters. The molecule has 0 spiro atoms. The van der Waals surface area contributed by atoms with Crippen molar-refractivity contribution >= 4 is 28.8 Å². The highest BCUT2D eigenvalue weighted by Crippen LogP contribution is 2.52. The number of amides is 1. The van der Waals surface area contributed by atoms with Crippen molar-refractivity contribution in [3.63, 3.8) is 0 Å². The lowest BCUT2D eigenvalue weighted by Gasteiger charge is -2.40. The normalized spacial score (nSPS) is 20.6. The summed E-state index contributed by atoms with van der Waals surface area (Å²) in [6.07, 6.45) is 10.00. The maximum absolute atomic E-state index is 14.6. The second kappa shape index (κ2) is 11.7. The highest BCUT2D eigenvalue weighted by Gasteiger charge is 2.41. The van der Waals surface area contributed by atoms with Crippen molar-refractivity contribution in [2.45, 2.75) is 70.9 Å². The Bertz CT molecular complexity index is 1730. The van der Waals surface area contributed by atoms with Crippen molar-refractivity contribution in [3.05, 3.63) is 87.4 Å². The van der Waals surface area contributed by atoms with Crippen molar-refractivity contribution in [1.29, 1.82) is 0 Å². The van der Waals surface area contributed by atoms with Crippen LogP contribution in [0.5, 0.6) is 11.5 Å². The number of thiophene rings is 1. The number of esters is 1. The Morgan fingerprint density at radius 3 is 2.60 bits per heavy atom. The predicted octanol–water partition coefficient (Wildman–Crippen LogP) is 7.69. The number of fused-ring (bicyclic) bond motifs is 2. The fourth-order valence-corrected chi connectivity index (χ4v) is 7.25. The van der Waals surface area contributed by atoms with E-state index in [0.717, 1.165) is 44.9 Å². The monoisotopic (exact) mass is 626 g/mol. The van der Waals surface area contributed by atoms with E-state index in [2.05, 4.69) is 55.1 Å². The first-order chi connectivity index (χ1) is 21.4. The van der Waals surface area contributed by atoms with Crippen LogP contribution < -0.4 is 9.47 Å². The third-order valence-electron chi connectivity index (χ3n) is 8.85. The van der Waals surface area contributed by atoms with E-state index in [9.17, 15) is 9.59 Å². The Kier molecular flexibility index (Phi) is 8.06. The van der Waals surface area contributed by atoms with Gasteiger partial charge in [-0.05, 0) is 94.0 Å². The highest BCUT2D eigenvalue weighted by atomic mass is 32.1. The SMILES string of the molecule is COc1cc2c(cc1-c1ccn(C)c1)C1=C(CO2)C(C(=O)N2CCC/C(C(=O)OC(C)(C)C)=C/CC2(C)C)=C[C@H]1c1ccsc1. The maximum Gasteiger partial charge on any atom is 0.334 e. The van der Waals surface area contributed by atoms with E-state index in [-0.39, 0.29) is 17.8 Å². The number of ether oxygens (including phenoxy) is 3. The largest absolute Gasteiger partial charge is 0.496 e. The molecule has 3 aliphatic rings. The molecule has 1 aromatic carbocycles. The second-order valence-electron chi connectivity index (χ2n) is 13.7. The summed E-state index contributed by atoms with van der Waals surface area (Å²) in [6.45, 7) is 10.6. The maximum atomic E-state index is 14.6. The smallest absolute Gasteiger partial charge is 0.334 e. The summed E-state index contributed by atoms with van der Waals surface area (Å²) in [4.78, 5) is 29.4. The Hall–Kier alpha value is -4.04. The Morgan fingerprint density at radius 2 is 1.93 bits per heavy atom. The van der Waals surface area contributed by atoms with Gasteiger partial charge in [-0.15, -0.1) is 0 Å². The number of hydrogen-bond donors (Lipinski definition) is 0. The summed E-state index contributed by atoms with van der Waals surface area (Å²) >= 11 is 1.66. The first-order valence-corrected chi connectivity index (χ1v) is 16.5. The molecule has 6 rings (SSSR count). The molecule has 8 heteroatoms. The molecule has 7 nitrogen and oxygen atoms in total. The highest BCUT2D eigenvalue weighted by molar-refractivity contribution is 7.08. The van der Waals surface area contributed by atoms with Gasteiger partial charge in [-0.25, -0.2) is 4.79 Å². The van der Waals surface area contributed by atoms with Crippen LogP contribution >= 0.6 is 11.3 Å². The lowest BCUT2D eigenvalue weighted by Crippen LogP contribution is -2.49. The third-order valence-corrected chi connectivity index (χ3v) is 9.55. The first-order valence-electron chi connectivity index (χ1n) is 15.6. The Labute approximate surface area is 269 Å². The Morgan fingerprint density at radius 1 is 1.13 bits per heavy atom. The minimum Gasteiger partial charge on any atom is -0.496 e. The lowest BCUT2D eigenvalue weighted by molar-refractivity contribution is -0.150. The average Bonchev–Trinajstić information content (AvgIpc) is 3.73. The van der Waals surface area contributed by atoms with Crippen LogP contribution in [-0.2, 0) is 21.4 Å². The van der Waals surface area contributed by atoms with Crippen LogP contribution in [0.2, 0.25) is 0 Å². The molecule has 0 saturated heterocycles. The molecule has 0 saturated carbocycles. The molecule has 3 aromatic rings. The zero-order valence-electron chi connectivity index (χ0n) is 27.2. The zero-order valence-corrected chi connectivity index (χ0v) is 28.0. The van der Waals surface area contributed by atoms with Crippen LogP contribution in [0.25, 0.3) is 16.7 Å². The molecular formula is C37H42N2O5S. The van der Waals surface area contributed by atoms with Crippen LogP contribution in [0.1, 0.15) is 70.9 Å². The van der Waals surface area contributed by atoms with Crippen LogP contribution in [0.15, 0.2) is 76.3 Å². The predicted molar refractivity (Wildman–Crippen MR) is 179 cm³/mol. The summed E-state index contributed by atoms with van der Waals surface area (Å²) < 4.78 is 19.9. The fourth-order valence-electron chi connectivity index (χ4n) is 6.55. The van der Waals surface area contributed by atoms with Crippen molar-refractivity contribution in [2.24, 2.45) is 7.05 Å². The van der Waals surface area contributed by atoms with Crippen LogP contribution in [0, 0.1) is 0 Å². The quantitative estimate of drug-likeness (QED) is 0.272. The zero-order chi connectivity index (χ0) is 32.1. The number of methoxy groups -OCH3 is 1. The summed E-state index contributed by atoms with van der Waals surface area (Å²) in [7, 11) is 3.69. The minimum atomic E-state index is -0.551. The van der Waals surface area contributed by atoms with Gasteiger partial charge in [0.05, 0.1) is 7.11 Å². The fraction of sp³-hybridized carbons (Fsp3) is 0.405. The summed E-state index contributed by atoms with van der Waals surface area (Å²) in [6, 6.07) is 8.35. The molecule has 236 valence electrons. The van der Waals surface area contributed by atoms with Gasteiger partial charge in [0.1, 0.15) is 23.7 Å². The second-order valence-corrected chi connectivity index (χ2v) is 14.5. The number of hydrogen-bond acceptors (Lipinski definition) is 6. The molecule has 45 heavy (non-hydrogen) atoms. The molecule has 1 aliphatic carbocycles. The molecule has 2 aromatic heterocycles. The van der Waals surface area contributed by atoms with E-state index in [1.807, 2.05) is 55.6 Å². The first kappa shape index (κ1) is 31.0. The van der Waals surface area contributed by atoms with E-state index in [1.54, 1.807) is 18.4 Å². The lowest BCUT2D eigenvalue weighted by atomic mass is 9.86. The average molecular weight is 627 g/mol. The van der Waals surface area contributed by atoms with E-state index < -0.39 is 11.1 Å².